The van der Waals surface area contributed by atoms with E-state index in [-0.39, 0.29) is 23.0 Å². The molecule has 1 aromatic heterocycles. The summed E-state index contributed by atoms with van der Waals surface area (Å²) in [5.41, 5.74) is 2.70. The Labute approximate surface area is 163 Å². The van der Waals surface area contributed by atoms with Crippen molar-refractivity contribution >= 4 is 17.2 Å². The van der Waals surface area contributed by atoms with E-state index in [4.69, 9.17) is 0 Å². The van der Waals surface area contributed by atoms with Crippen molar-refractivity contribution in [1.82, 2.24) is 10.6 Å². The second-order valence-corrected chi connectivity index (χ2v) is 11.8. The molecule has 1 aliphatic heterocycles. The first-order chi connectivity index (χ1) is 11.9. The van der Waals surface area contributed by atoms with Crippen LogP contribution in [-0.2, 0) is 12.8 Å². The van der Waals surface area contributed by atoms with Gasteiger partial charge in [0.05, 0.1) is 5.56 Å². The number of rotatable bonds is 2. The van der Waals surface area contributed by atoms with Gasteiger partial charge in [-0.15, -0.1) is 11.3 Å². The molecule has 1 amide bonds. The standard InChI is InChI=1S/C22H36N2OS/c1-20(2,3)14-8-9-16-17(13-26-18(16)10-14)19(25)23-15-11-21(4,5)24-22(6,7)12-15/h13-15,24H,8-12H2,1-7H3,(H,23,25). The summed E-state index contributed by atoms with van der Waals surface area (Å²) in [7, 11) is 0. The van der Waals surface area contributed by atoms with Crippen LogP contribution in [0.2, 0.25) is 0 Å². The van der Waals surface area contributed by atoms with E-state index in [1.165, 1.54) is 16.9 Å². The molecule has 1 aliphatic carbocycles. The molecule has 26 heavy (non-hydrogen) atoms. The van der Waals surface area contributed by atoms with E-state index in [9.17, 15) is 4.79 Å². The minimum Gasteiger partial charge on any atom is -0.349 e. The topological polar surface area (TPSA) is 41.1 Å². The van der Waals surface area contributed by atoms with Crippen LogP contribution >= 0.6 is 11.3 Å². The average Bonchev–Trinajstić information content (AvgIpc) is 2.85. The van der Waals surface area contributed by atoms with E-state index in [1.54, 1.807) is 11.3 Å². The number of carbonyl (C=O) groups is 1. The number of carbonyl (C=O) groups excluding carboxylic acids is 1. The number of hydrogen-bond acceptors (Lipinski definition) is 3. The molecule has 3 rings (SSSR count). The molecule has 1 saturated heterocycles. The highest BCUT2D eigenvalue weighted by Crippen LogP contribution is 2.40. The number of thiophene rings is 1. The molecule has 0 saturated carbocycles. The zero-order valence-electron chi connectivity index (χ0n) is 17.6. The van der Waals surface area contributed by atoms with Crippen LogP contribution in [0.15, 0.2) is 5.38 Å². The van der Waals surface area contributed by atoms with Gasteiger partial charge in [0.15, 0.2) is 0 Å². The maximum atomic E-state index is 13.0. The minimum atomic E-state index is 0.0493. The van der Waals surface area contributed by atoms with Gasteiger partial charge in [-0.05, 0) is 76.7 Å². The molecular weight excluding hydrogens is 340 g/mol. The van der Waals surface area contributed by atoms with Gasteiger partial charge < -0.3 is 10.6 Å². The Bertz CT molecular complexity index is 665. The van der Waals surface area contributed by atoms with Gasteiger partial charge in [-0.25, -0.2) is 0 Å². The fourth-order valence-corrected chi connectivity index (χ4v) is 6.29. The minimum absolute atomic E-state index is 0.0493. The summed E-state index contributed by atoms with van der Waals surface area (Å²) < 4.78 is 0. The second kappa shape index (κ2) is 6.63. The number of nitrogens with one attached hydrogen (secondary N) is 2. The van der Waals surface area contributed by atoms with E-state index in [0.29, 0.717) is 5.41 Å². The van der Waals surface area contributed by atoms with Crippen LogP contribution in [0, 0.1) is 11.3 Å². The summed E-state index contributed by atoms with van der Waals surface area (Å²) >= 11 is 1.79. The SMILES string of the molecule is CC1(C)CC(NC(=O)c2csc3c2CCC(C(C)(C)C)C3)CC(C)(C)N1. The molecule has 1 fully saturated rings. The summed E-state index contributed by atoms with van der Waals surface area (Å²) in [6.45, 7) is 15.9. The van der Waals surface area contributed by atoms with Crippen molar-refractivity contribution in [2.24, 2.45) is 11.3 Å². The predicted molar refractivity (Wildman–Crippen MR) is 111 cm³/mol. The molecule has 1 atom stereocenters. The Morgan fingerprint density at radius 3 is 2.38 bits per heavy atom. The van der Waals surface area contributed by atoms with Gasteiger partial charge >= 0.3 is 0 Å². The van der Waals surface area contributed by atoms with E-state index in [2.05, 4.69) is 64.5 Å². The molecule has 4 heteroatoms. The van der Waals surface area contributed by atoms with Crippen LogP contribution in [0.4, 0.5) is 0 Å². The monoisotopic (exact) mass is 376 g/mol. The van der Waals surface area contributed by atoms with Gasteiger partial charge in [0.1, 0.15) is 0 Å². The first-order valence-electron chi connectivity index (χ1n) is 10.1. The number of amides is 1. The van der Waals surface area contributed by atoms with Crippen LogP contribution in [0.5, 0.6) is 0 Å². The largest absolute Gasteiger partial charge is 0.349 e. The number of piperidine rings is 1. The normalized spacial score (nSPS) is 25.6. The van der Waals surface area contributed by atoms with Gasteiger partial charge in [0, 0.05) is 27.4 Å². The van der Waals surface area contributed by atoms with Crippen molar-refractivity contribution in [3.8, 4) is 0 Å². The average molecular weight is 377 g/mol. The fourth-order valence-electron chi connectivity index (χ4n) is 5.13. The molecule has 0 aromatic carbocycles. The van der Waals surface area contributed by atoms with Crippen LogP contribution < -0.4 is 10.6 Å². The summed E-state index contributed by atoms with van der Waals surface area (Å²) in [4.78, 5) is 14.5. The van der Waals surface area contributed by atoms with Crippen molar-refractivity contribution in [3.05, 3.63) is 21.4 Å². The summed E-state index contributed by atoms with van der Waals surface area (Å²) in [6, 6.07) is 0.232. The van der Waals surface area contributed by atoms with Gasteiger partial charge in [0.25, 0.3) is 5.91 Å². The Morgan fingerprint density at radius 2 is 1.81 bits per heavy atom. The molecule has 2 N–H and O–H groups in total. The molecule has 1 unspecified atom stereocenters. The Morgan fingerprint density at radius 1 is 1.19 bits per heavy atom. The summed E-state index contributed by atoms with van der Waals surface area (Å²) in [5.74, 6) is 0.853. The van der Waals surface area contributed by atoms with Crippen molar-refractivity contribution in [2.75, 3.05) is 0 Å². The zero-order valence-corrected chi connectivity index (χ0v) is 18.4. The van der Waals surface area contributed by atoms with E-state index in [0.717, 1.165) is 37.2 Å². The number of fused-ring (bicyclic) bond motifs is 1. The highest BCUT2D eigenvalue weighted by Gasteiger charge is 2.39. The lowest BCUT2D eigenvalue weighted by Crippen LogP contribution is -2.62. The van der Waals surface area contributed by atoms with Crippen molar-refractivity contribution in [2.45, 2.75) is 97.7 Å². The maximum Gasteiger partial charge on any atom is 0.252 e. The third-order valence-corrected chi connectivity index (χ3v) is 7.20. The third-order valence-electron chi connectivity index (χ3n) is 6.15. The van der Waals surface area contributed by atoms with Gasteiger partial charge in [-0.3, -0.25) is 4.79 Å². The van der Waals surface area contributed by atoms with Crippen LogP contribution in [-0.4, -0.2) is 23.0 Å². The van der Waals surface area contributed by atoms with Crippen molar-refractivity contribution in [3.63, 3.8) is 0 Å². The number of hydrogen-bond donors (Lipinski definition) is 2. The molecule has 0 bridgehead atoms. The third kappa shape index (κ3) is 4.33. The lowest BCUT2D eigenvalue weighted by atomic mass is 9.72. The lowest BCUT2D eigenvalue weighted by Gasteiger charge is -2.46. The summed E-state index contributed by atoms with van der Waals surface area (Å²) in [6.07, 6.45) is 5.32. The molecule has 2 heterocycles. The first-order valence-corrected chi connectivity index (χ1v) is 10.9. The van der Waals surface area contributed by atoms with E-state index < -0.39 is 0 Å². The smallest absolute Gasteiger partial charge is 0.252 e. The zero-order chi connectivity index (χ0) is 19.3. The van der Waals surface area contributed by atoms with Crippen LogP contribution in [0.3, 0.4) is 0 Å². The van der Waals surface area contributed by atoms with Gasteiger partial charge in [-0.2, -0.15) is 0 Å². The van der Waals surface area contributed by atoms with E-state index in [1.807, 2.05) is 0 Å². The Balaban J connectivity index is 1.72. The molecule has 3 nitrogen and oxygen atoms in total. The molecular formula is C22H36N2OS. The second-order valence-electron chi connectivity index (χ2n) is 10.8. The quantitative estimate of drug-likeness (QED) is 0.768. The highest BCUT2D eigenvalue weighted by atomic mass is 32.1. The van der Waals surface area contributed by atoms with Crippen molar-refractivity contribution < 1.29 is 4.79 Å². The van der Waals surface area contributed by atoms with Gasteiger partial charge in [0.2, 0.25) is 0 Å². The predicted octanol–water partition coefficient (Wildman–Crippen LogP) is 4.94. The maximum absolute atomic E-state index is 13.0. The lowest BCUT2D eigenvalue weighted by molar-refractivity contribution is 0.0872. The molecule has 0 radical (unpaired) electrons. The van der Waals surface area contributed by atoms with Crippen LogP contribution in [0.25, 0.3) is 0 Å². The molecule has 2 aliphatic rings. The molecule has 0 spiro atoms. The fraction of sp³-hybridized carbons (Fsp3) is 0.773. The molecule has 1 aromatic rings. The Kier molecular flexibility index (Phi) is 5.07. The van der Waals surface area contributed by atoms with E-state index >= 15 is 0 Å². The highest BCUT2D eigenvalue weighted by molar-refractivity contribution is 7.10. The van der Waals surface area contributed by atoms with Crippen LogP contribution in [0.1, 0.15) is 88.5 Å². The van der Waals surface area contributed by atoms with Crippen molar-refractivity contribution in [1.29, 1.82) is 0 Å². The van der Waals surface area contributed by atoms with Gasteiger partial charge in [-0.1, -0.05) is 20.8 Å². The Hall–Kier alpha value is -0.870. The summed E-state index contributed by atoms with van der Waals surface area (Å²) in [5, 5.41) is 9.14. The molecule has 146 valence electrons. The first kappa shape index (κ1) is 19.9.